The maximum Gasteiger partial charge on any atom is 0.291 e. The van der Waals surface area contributed by atoms with Gasteiger partial charge in [0.25, 0.3) is 5.56 Å². The van der Waals surface area contributed by atoms with Gasteiger partial charge in [-0.2, -0.15) is 9.50 Å². The molecular weight excluding hydrogens is 382 g/mol. The molecule has 0 atom stereocenters. The first-order chi connectivity index (χ1) is 10.7. The number of halogens is 1. The van der Waals surface area contributed by atoms with Crippen LogP contribution in [0.25, 0.3) is 22.4 Å². The van der Waals surface area contributed by atoms with Gasteiger partial charge in [0.2, 0.25) is 4.96 Å². The highest BCUT2D eigenvalue weighted by atomic mass is 79.9. The molecule has 0 N–H and O–H groups in total. The molecule has 0 saturated heterocycles. The zero-order valence-electron chi connectivity index (χ0n) is 11.1. The molecular formula is C15H8BrN3OS2. The van der Waals surface area contributed by atoms with Crippen LogP contribution in [0.3, 0.4) is 0 Å². The van der Waals surface area contributed by atoms with Crippen molar-refractivity contribution in [3.63, 3.8) is 0 Å². The molecule has 0 fully saturated rings. The molecule has 0 aliphatic heterocycles. The first-order valence-corrected chi connectivity index (χ1v) is 8.90. The number of hydrogen-bond donors (Lipinski definition) is 0. The normalized spacial score (nSPS) is 12.3. The van der Waals surface area contributed by atoms with Crippen LogP contribution in [-0.2, 0) is 0 Å². The second kappa shape index (κ2) is 5.42. The Bertz CT molecular complexity index is 1050. The molecule has 4 aromatic rings. The molecule has 1 aromatic carbocycles. The highest BCUT2D eigenvalue weighted by Gasteiger charge is 2.11. The van der Waals surface area contributed by atoms with E-state index >= 15 is 0 Å². The number of thiazole rings is 1. The molecule has 0 radical (unpaired) electrons. The van der Waals surface area contributed by atoms with Crippen LogP contribution in [0.1, 0.15) is 4.88 Å². The van der Waals surface area contributed by atoms with Crippen molar-refractivity contribution < 1.29 is 0 Å². The van der Waals surface area contributed by atoms with Gasteiger partial charge in [0, 0.05) is 14.9 Å². The largest absolute Gasteiger partial charge is 0.291 e. The van der Waals surface area contributed by atoms with Crippen molar-refractivity contribution in [3.05, 3.63) is 66.0 Å². The fourth-order valence-corrected chi connectivity index (χ4v) is 3.95. The number of thiophene rings is 1. The molecule has 0 spiro atoms. The Morgan fingerprint density at radius 2 is 2.00 bits per heavy atom. The Labute approximate surface area is 141 Å². The fraction of sp³-hybridized carbons (Fsp3) is 0. The summed E-state index contributed by atoms with van der Waals surface area (Å²) in [5.41, 5.74) is 0.770. The second-order valence-electron chi connectivity index (χ2n) is 4.57. The molecule has 22 heavy (non-hydrogen) atoms. The van der Waals surface area contributed by atoms with E-state index in [1.54, 1.807) is 11.3 Å². The average molecular weight is 390 g/mol. The van der Waals surface area contributed by atoms with Crippen LogP contribution in [-0.4, -0.2) is 14.6 Å². The Balaban J connectivity index is 1.84. The summed E-state index contributed by atoms with van der Waals surface area (Å²) in [4.78, 5) is 18.5. The summed E-state index contributed by atoms with van der Waals surface area (Å²) in [6, 6.07) is 11.6. The number of hydrogen-bond acceptors (Lipinski definition) is 5. The Kier molecular flexibility index (Phi) is 3.40. The van der Waals surface area contributed by atoms with Crippen molar-refractivity contribution in [2.75, 3.05) is 0 Å². The van der Waals surface area contributed by atoms with Crippen molar-refractivity contribution in [1.29, 1.82) is 0 Å². The average Bonchev–Trinajstić information content (AvgIpc) is 3.21. The van der Waals surface area contributed by atoms with E-state index in [0.29, 0.717) is 15.3 Å². The molecule has 108 valence electrons. The summed E-state index contributed by atoms with van der Waals surface area (Å²) in [5.74, 6) is 0.568. The van der Waals surface area contributed by atoms with Gasteiger partial charge >= 0.3 is 0 Å². The molecule has 3 aromatic heterocycles. The smallest absolute Gasteiger partial charge is 0.266 e. The second-order valence-corrected chi connectivity index (χ2v) is 7.47. The van der Waals surface area contributed by atoms with Crippen LogP contribution in [0, 0.1) is 0 Å². The van der Waals surface area contributed by atoms with Crippen LogP contribution >= 0.6 is 38.6 Å². The predicted molar refractivity (Wildman–Crippen MR) is 93.4 cm³/mol. The van der Waals surface area contributed by atoms with E-state index in [2.05, 4.69) is 26.0 Å². The minimum absolute atomic E-state index is 0.121. The number of benzene rings is 1. The SMILES string of the molecule is O=c1c(=Cc2cccs2)sc2nc(-c3ccc(Br)cc3)nn12. The van der Waals surface area contributed by atoms with Gasteiger partial charge in [-0.05, 0) is 29.7 Å². The van der Waals surface area contributed by atoms with Crippen molar-refractivity contribution in [2.24, 2.45) is 0 Å². The number of aromatic nitrogens is 3. The van der Waals surface area contributed by atoms with E-state index in [1.807, 2.05) is 47.9 Å². The monoisotopic (exact) mass is 389 g/mol. The van der Waals surface area contributed by atoms with Gasteiger partial charge in [0.1, 0.15) is 0 Å². The highest BCUT2D eigenvalue weighted by Crippen LogP contribution is 2.19. The standard InChI is InChI=1S/C15H8BrN3OS2/c16-10-5-3-9(4-6-10)13-17-15-19(18-13)14(20)12(22-15)8-11-2-1-7-21-11/h1-8H. The van der Waals surface area contributed by atoms with Gasteiger partial charge in [0.05, 0.1) is 4.53 Å². The van der Waals surface area contributed by atoms with E-state index < -0.39 is 0 Å². The zero-order chi connectivity index (χ0) is 15.1. The molecule has 0 aliphatic carbocycles. The van der Waals surface area contributed by atoms with Gasteiger partial charge in [0.15, 0.2) is 5.82 Å². The van der Waals surface area contributed by atoms with E-state index in [1.165, 1.54) is 15.9 Å². The molecule has 4 nitrogen and oxygen atoms in total. The molecule has 7 heteroatoms. The summed E-state index contributed by atoms with van der Waals surface area (Å²) in [6.07, 6.45) is 1.88. The van der Waals surface area contributed by atoms with Crippen molar-refractivity contribution in [2.45, 2.75) is 0 Å². The van der Waals surface area contributed by atoms with Crippen LogP contribution < -0.4 is 10.1 Å². The molecule has 0 saturated carbocycles. The summed E-state index contributed by atoms with van der Waals surface area (Å²) in [7, 11) is 0. The summed E-state index contributed by atoms with van der Waals surface area (Å²) < 4.78 is 3.02. The van der Waals surface area contributed by atoms with Gasteiger partial charge in [-0.3, -0.25) is 4.79 Å². The van der Waals surface area contributed by atoms with E-state index in [-0.39, 0.29) is 5.56 Å². The first-order valence-electron chi connectivity index (χ1n) is 6.41. The van der Waals surface area contributed by atoms with Crippen LogP contribution in [0.2, 0.25) is 0 Å². The fourth-order valence-electron chi connectivity index (χ4n) is 2.06. The molecule has 3 heterocycles. The first kappa shape index (κ1) is 13.8. The number of nitrogens with zero attached hydrogens (tertiary/aromatic N) is 3. The highest BCUT2D eigenvalue weighted by molar-refractivity contribution is 9.10. The third-order valence-corrected chi connectivity index (χ3v) is 5.41. The predicted octanol–water partition coefficient (Wildman–Crippen LogP) is 3.19. The maximum atomic E-state index is 12.4. The van der Waals surface area contributed by atoms with E-state index in [9.17, 15) is 4.79 Å². The molecule has 0 amide bonds. The van der Waals surface area contributed by atoms with Crippen LogP contribution in [0.5, 0.6) is 0 Å². The number of fused-ring (bicyclic) bond motifs is 1. The Morgan fingerprint density at radius 3 is 2.68 bits per heavy atom. The number of rotatable bonds is 2. The lowest BCUT2D eigenvalue weighted by molar-refractivity contribution is 0.937. The molecule has 4 rings (SSSR count). The van der Waals surface area contributed by atoms with Gasteiger partial charge in [-0.1, -0.05) is 45.5 Å². The topological polar surface area (TPSA) is 47.3 Å². The van der Waals surface area contributed by atoms with Gasteiger partial charge < -0.3 is 0 Å². The molecule has 0 bridgehead atoms. The third-order valence-electron chi connectivity index (χ3n) is 3.10. The van der Waals surface area contributed by atoms with Crippen molar-refractivity contribution in [3.8, 4) is 11.4 Å². The van der Waals surface area contributed by atoms with Crippen molar-refractivity contribution in [1.82, 2.24) is 14.6 Å². The Hall–Kier alpha value is -1.83. The Morgan fingerprint density at radius 1 is 1.18 bits per heavy atom. The maximum absolute atomic E-state index is 12.4. The summed E-state index contributed by atoms with van der Waals surface area (Å²) >= 11 is 6.35. The zero-order valence-corrected chi connectivity index (χ0v) is 14.3. The molecule has 0 aliphatic rings. The van der Waals surface area contributed by atoms with E-state index in [0.717, 1.165) is 14.9 Å². The minimum Gasteiger partial charge on any atom is -0.266 e. The van der Waals surface area contributed by atoms with Crippen LogP contribution in [0.4, 0.5) is 0 Å². The van der Waals surface area contributed by atoms with Gasteiger partial charge in [-0.25, -0.2) is 0 Å². The lowest BCUT2D eigenvalue weighted by Crippen LogP contribution is -2.23. The van der Waals surface area contributed by atoms with Crippen LogP contribution in [0.15, 0.2) is 51.0 Å². The van der Waals surface area contributed by atoms with Crippen molar-refractivity contribution >= 4 is 49.6 Å². The molecule has 0 unspecified atom stereocenters. The van der Waals surface area contributed by atoms with E-state index in [4.69, 9.17) is 0 Å². The minimum atomic E-state index is -0.121. The summed E-state index contributed by atoms with van der Waals surface area (Å²) in [6.45, 7) is 0. The summed E-state index contributed by atoms with van der Waals surface area (Å²) in [5, 5.41) is 6.32. The lowest BCUT2D eigenvalue weighted by atomic mass is 10.2. The lowest BCUT2D eigenvalue weighted by Gasteiger charge is -1.94. The van der Waals surface area contributed by atoms with Gasteiger partial charge in [-0.15, -0.1) is 16.4 Å². The quantitative estimate of drug-likeness (QED) is 0.528. The third kappa shape index (κ3) is 2.41.